The maximum atomic E-state index is 5.86. The van der Waals surface area contributed by atoms with E-state index in [1.807, 2.05) is 0 Å². The van der Waals surface area contributed by atoms with Crippen molar-refractivity contribution in [3.63, 3.8) is 0 Å². The Kier molecular flexibility index (Phi) is 5.86. The molecule has 0 amide bonds. The number of likely N-dealkylation sites (N-methyl/N-ethyl adjacent to an activating group) is 1. The van der Waals surface area contributed by atoms with Gasteiger partial charge >= 0.3 is 0 Å². The third-order valence-electron chi connectivity index (χ3n) is 4.29. The molecule has 1 fully saturated rings. The molecule has 3 nitrogen and oxygen atoms in total. The van der Waals surface area contributed by atoms with E-state index in [4.69, 9.17) is 4.74 Å². The average Bonchev–Trinajstić information content (AvgIpc) is 2.97. The van der Waals surface area contributed by atoms with Gasteiger partial charge in [-0.25, -0.2) is 0 Å². The quantitative estimate of drug-likeness (QED) is 0.775. The van der Waals surface area contributed by atoms with Crippen molar-refractivity contribution >= 4 is 0 Å². The maximum Gasteiger partial charge on any atom is 0.119 e. The molecule has 0 aromatic heterocycles. The van der Waals surface area contributed by atoms with Gasteiger partial charge in [0.15, 0.2) is 0 Å². The van der Waals surface area contributed by atoms with Crippen LogP contribution in [0.2, 0.25) is 0 Å². The van der Waals surface area contributed by atoms with Crippen molar-refractivity contribution < 1.29 is 4.74 Å². The topological polar surface area (TPSA) is 24.5 Å². The molecule has 1 aromatic carbocycles. The van der Waals surface area contributed by atoms with Gasteiger partial charge in [0.1, 0.15) is 5.75 Å². The Labute approximate surface area is 123 Å². The Morgan fingerprint density at radius 2 is 2.15 bits per heavy atom. The third-order valence-corrected chi connectivity index (χ3v) is 4.29. The molecule has 1 heterocycles. The summed E-state index contributed by atoms with van der Waals surface area (Å²) in [5.74, 6) is 0.999. The van der Waals surface area contributed by atoms with E-state index >= 15 is 0 Å². The molecule has 1 aliphatic heterocycles. The van der Waals surface area contributed by atoms with Gasteiger partial charge in [-0.15, -0.1) is 0 Å². The van der Waals surface area contributed by atoms with Crippen molar-refractivity contribution in [1.82, 2.24) is 10.2 Å². The summed E-state index contributed by atoms with van der Waals surface area (Å²) in [6, 6.07) is 7.06. The van der Waals surface area contributed by atoms with Gasteiger partial charge < -0.3 is 10.1 Å². The number of ether oxygens (including phenoxy) is 1. The molecule has 20 heavy (non-hydrogen) atoms. The van der Waals surface area contributed by atoms with E-state index in [1.54, 1.807) is 0 Å². The van der Waals surface area contributed by atoms with E-state index in [-0.39, 0.29) is 0 Å². The van der Waals surface area contributed by atoms with E-state index in [2.05, 4.69) is 49.2 Å². The fraction of sp³-hybridized carbons (Fsp3) is 0.647. The highest BCUT2D eigenvalue weighted by molar-refractivity contribution is 5.33. The van der Waals surface area contributed by atoms with Gasteiger partial charge in [0.2, 0.25) is 0 Å². The molecule has 0 spiro atoms. The van der Waals surface area contributed by atoms with Crippen LogP contribution in [0.3, 0.4) is 0 Å². The van der Waals surface area contributed by atoms with E-state index in [0.717, 1.165) is 44.5 Å². The van der Waals surface area contributed by atoms with Crippen LogP contribution < -0.4 is 10.1 Å². The Hall–Kier alpha value is -1.06. The summed E-state index contributed by atoms with van der Waals surface area (Å²) >= 11 is 0. The fourth-order valence-electron chi connectivity index (χ4n) is 2.81. The first-order valence-electron chi connectivity index (χ1n) is 7.85. The summed E-state index contributed by atoms with van der Waals surface area (Å²) < 4.78 is 5.86. The lowest BCUT2D eigenvalue weighted by molar-refractivity contribution is 0.196. The molecule has 1 aromatic rings. The second-order valence-corrected chi connectivity index (χ2v) is 5.72. The molecule has 1 atom stereocenters. The number of nitrogens with zero attached hydrogens (tertiary/aromatic N) is 1. The molecule has 0 aliphatic carbocycles. The van der Waals surface area contributed by atoms with Crippen LogP contribution in [0.4, 0.5) is 0 Å². The Morgan fingerprint density at radius 3 is 2.80 bits per heavy atom. The van der Waals surface area contributed by atoms with Crippen molar-refractivity contribution in [2.75, 3.05) is 32.8 Å². The number of aryl methyl sites for hydroxylation is 2. The van der Waals surface area contributed by atoms with Crippen LogP contribution in [0.1, 0.15) is 30.9 Å². The van der Waals surface area contributed by atoms with Gasteiger partial charge in [-0.2, -0.15) is 0 Å². The molecular formula is C17H28N2O. The predicted octanol–water partition coefficient (Wildman–Crippen LogP) is 2.76. The highest BCUT2D eigenvalue weighted by Gasteiger charge is 2.20. The first-order valence-corrected chi connectivity index (χ1v) is 7.85. The van der Waals surface area contributed by atoms with Crippen molar-refractivity contribution in [2.24, 2.45) is 0 Å². The smallest absolute Gasteiger partial charge is 0.119 e. The van der Waals surface area contributed by atoms with Crippen LogP contribution in [0.15, 0.2) is 18.2 Å². The highest BCUT2D eigenvalue weighted by atomic mass is 16.5. The number of hydrogen-bond donors (Lipinski definition) is 1. The Morgan fingerprint density at radius 1 is 1.30 bits per heavy atom. The van der Waals surface area contributed by atoms with Gasteiger partial charge in [0.25, 0.3) is 0 Å². The predicted molar refractivity (Wildman–Crippen MR) is 84.5 cm³/mol. The fourth-order valence-corrected chi connectivity index (χ4v) is 2.81. The minimum absolute atomic E-state index is 0.724. The molecule has 1 aliphatic rings. The molecule has 1 unspecified atom stereocenters. The third kappa shape index (κ3) is 4.22. The molecule has 1 N–H and O–H groups in total. The maximum absolute atomic E-state index is 5.86. The van der Waals surface area contributed by atoms with Crippen molar-refractivity contribution in [3.8, 4) is 5.75 Å². The van der Waals surface area contributed by atoms with E-state index in [0.29, 0.717) is 0 Å². The van der Waals surface area contributed by atoms with Crippen LogP contribution in [-0.2, 0) is 0 Å². The zero-order valence-corrected chi connectivity index (χ0v) is 13.1. The van der Waals surface area contributed by atoms with Crippen LogP contribution >= 0.6 is 0 Å². The summed E-state index contributed by atoms with van der Waals surface area (Å²) in [6.45, 7) is 11.9. The van der Waals surface area contributed by atoms with Crippen molar-refractivity contribution in [1.29, 1.82) is 0 Å². The van der Waals surface area contributed by atoms with Gasteiger partial charge in [0, 0.05) is 19.1 Å². The SMILES string of the molecule is CCN(CCCOc1ccc(C)c(C)c1)C1CCNC1. The molecule has 2 rings (SSSR count). The zero-order valence-electron chi connectivity index (χ0n) is 13.1. The number of nitrogens with one attached hydrogen (secondary N) is 1. The molecular weight excluding hydrogens is 248 g/mol. The van der Waals surface area contributed by atoms with E-state index in [9.17, 15) is 0 Å². The number of benzene rings is 1. The van der Waals surface area contributed by atoms with Gasteiger partial charge in [-0.05, 0) is 63.0 Å². The van der Waals surface area contributed by atoms with Gasteiger partial charge in [-0.1, -0.05) is 13.0 Å². The van der Waals surface area contributed by atoms with Gasteiger partial charge in [0.05, 0.1) is 6.61 Å². The molecule has 0 radical (unpaired) electrons. The first-order chi connectivity index (χ1) is 9.70. The normalized spacial score (nSPS) is 18.7. The molecule has 1 saturated heterocycles. The summed E-state index contributed by atoms with van der Waals surface area (Å²) in [7, 11) is 0. The lowest BCUT2D eigenvalue weighted by Crippen LogP contribution is -2.37. The monoisotopic (exact) mass is 276 g/mol. The first kappa shape index (κ1) is 15.3. The van der Waals surface area contributed by atoms with Crippen molar-refractivity contribution in [3.05, 3.63) is 29.3 Å². The summed E-state index contributed by atoms with van der Waals surface area (Å²) in [5, 5.41) is 3.44. The summed E-state index contributed by atoms with van der Waals surface area (Å²) in [6.07, 6.45) is 2.38. The van der Waals surface area contributed by atoms with Crippen LogP contribution in [-0.4, -0.2) is 43.7 Å². The number of rotatable bonds is 7. The molecule has 3 heteroatoms. The average molecular weight is 276 g/mol. The summed E-state index contributed by atoms with van der Waals surface area (Å²) in [5.41, 5.74) is 2.62. The minimum atomic E-state index is 0.724. The van der Waals surface area contributed by atoms with Crippen LogP contribution in [0.25, 0.3) is 0 Å². The Balaban J connectivity index is 1.70. The van der Waals surface area contributed by atoms with Crippen molar-refractivity contribution in [2.45, 2.75) is 39.7 Å². The van der Waals surface area contributed by atoms with E-state index < -0.39 is 0 Å². The van der Waals surface area contributed by atoms with Crippen LogP contribution in [0, 0.1) is 13.8 Å². The van der Waals surface area contributed by atoms with E-state index in [1.165, 1.54) is 24.1 Å². The second kappa shape index (κ2) is 7.65. The minimum Gasteiger partial charge on any atom is -0.494 e. The molecule has 0 saturated carbocycles. The highest BCUT2D eigenvalue weighted by Crippen LogP contribution is 2.16. The van der Waals surface area contributed by atoms with Crippen LogP contribution in [0.5, 0.6) is 5.75 Å². The molecule has 112 valence electrons. The second-order valence-electron chi connectivity index (χ2n) is 5.72. The standard InChI is InChI=1S/C17H28N2O/c1-4-19(16-8-9-18-13-16)10-5-11-20-17-7-6-14(2)15(3)12-17/h6-7,12,16,18H,4-5,8-11,13H2,1-3H3. The lowest BCUT2D eigenvalue weighted by atomic mass is 10.1. The largest absolute Gasteiger partial charge is 0.494 e. The summed E-state index contributed by atoms with van der Waals surface area (Å²) in [4.78, 5) is 2.57. The Bertz CT molecular complexity index is 413. The number of hydrogen-bond acceptors (Lipinski definition) is 3. The van der Waals surface area contributed by atoms with Gasteiger partial charge in [-0.3, -0.25) is 4.90 Å². The molecule has 0 bridgehead atoms. The zero-order chi connectivity index (χ0) is 14.4. The lowest BCUT2D eigenvalue weighted by Gasteiger charge is -2.26.